The number of rotatable bonds is 5. The number of hydrogen-bond donors (Lipinski definition) is 1. The van der Waals surface area contributed by atoms with Crippen molar-refractivity contribution in [3.05, 3.63) is 59.7 Å². The quantitative estimate of drug-likeness (QED) is 0.899. The van der Waals surface area contributed by atoms with Crippen LogP contribution in [0.2, 0.25) is 0 Å². The molecule has 1 aromatic carbocycles. The van der Waals surface area contributed by atoms with Gasteiger partial charge in [0, 0.05) is 30.4 Å². The molecule has 0 unspecified atom stereocenters. The molecule has 1 heterocycles. The summed E-state index contributed by atoms with van der Waals surface area (Å²) in [7, 11) is 0. The van der Waals surface area contributed by atoms with Crippen LogP contribution in [0, 0.1) is 5.82 Å². The molecule has 0 saturated carbocycles. The van der Waals surface area contributed by atoms with Crippen LogP contribution in [0.4, 0.5) is 4.39 Å². The minimum Gasteiger partial charge on any atom is -0.493 e. The summed E-state index contributed by atoms with van der Waals surface area (Å²) in [5.74, 6) is 0.0207. The summed E-state index contributed by atoms with van der Waals surface area (Å²) in [6.45, 7) is 2.00. The molecule has 0 aliphatic rings. The van der Waals surface area contributed by atoms with Crippen LogP contribution in [-0.2, 0) is 6.42 Å². The molecule has 0 aliphatic carbocycles. The van der Waals surface area contributed by atoms with E-state index in [1.54, 1.807) is 24.5 Å². The van der Waals surface area contributed by atoms with Crippen LogP contribution in [0.15, 0.2) is 42.7 Å². The number of ether oxygens (including phenoxy) is 1. The second-order valence-corrected chi connectivity index (χ2v) is 4.31. The number of aliphatic hydroxyl groups excluding tert-OH is 1. The highest BCUT2D eigenvalue weighted by Crippen LogP contribution is 2.21. The van der Waals surface area contributed by atoms with Crippen LogP contribution in [0.3, 0.4) is 0 Å². The first-order chi connectivity index (χ1) is 9.16. The minimum atomic E-state index is -0.814. The Morgan fingerprint density at radius 2 is 2.00 bits per heavy atom. The number of hydrogen-bond acceptors (Lipinski definition) is 3. The third-order valence-corrected chi connectivity index (χ3v) is 2.83. The Kier molecular flexibility index (Phi) is 4.47. The lowest BCUT2D eigenvalue weighted by Crippen LogP contribution is -2.03. The third kappa shape index (κ3) is 3.76. The zero-order chi connectivity index (χ0) is 13.7. The van der Waals surface area contributed by atoms with Gasteiger partial charge in [0.2, 0.25) is 0 Å². The lowest BCUT2D eigenvalue weighted by molar-refractivity contribution is 0.194. The van der Waals surface area contributed by atoms with Crippen molar-refractivity contribution in [3.8, 4) is 5.75 Å². The van der Waals surface area contributed by atoms with Gasteiger partial charge in [0.25, 0.3) is 0 Å². The van der Waals surface area contributed by atoms with Gasteiger partial charge in [0.15, 0.2) is 0 Å². The van der Waals surface area contributed by atoms with Gasteiger partial charge >= 0.3 is 0 Å². The molecule has 0 bridgehead atoms. The molecule has 19 heavy (non-hydrogen) atoms. The summed E-state index contributed by atoms with van der Waals surface area (Å²) in [4.78, 5) is 3.94. The van der Waals surface area contributed by atoms with Crippen molar-refractivity contribution in [2.75, 3.05) is 6.61 Å². The molecule has 2 rings (SSSR count). The fraction of sp³-hybridized carbons (Fsp3) is 0.267. The van der Waals surface area contributed by atoms with Gasteiger partial charge in [-0.3, -0.25) is 4.98 Å². The van der Waals surface area contributed by atoms with E-state index in [4.69, 9.17) is 4.74 Å². The second-order valence-electron chi connectivity index (χ2n) is 4.31. The smallest absolute Gasteiger partial charge is 0.132 e. The highest BCUT2D eigenvalue weighted by molar-refractivity contribution is 5.30. The molecule has 100 valence electrons. The van der Waals surface area contributed by atoms with Crippen LogP contribution < -0.4 is 4.74 Å². The number of nitrogens with zero attached hydrogens (tertiary/aromatic N) is 1. The first-order valence-electron chi connectivity index (χ1n) is 6.16. The largest absolute Gasteiger partial charge is 0.493 e. The molecule has 0 spiro atoms. The van der Waals surface area contributed by atoms with Crippen molar-refractivity contribution in [3.63, 3.8) is 0 Å². The van der Waals surface area contributed by atoms with E-state index < -0.39 is 11.9 Å². The van der Waals surface area contributed by atoms with Crippen molar-refractivity contribution in [1.82, 2.24) is 4.98 Å². The summed E-state index contributed by atoms with van der Waals surface area (Å²) in [6, 6.07) is 8.34. The van der Waals surface area contributed by atoms with E-state index in [1.807, 2.05) is 12.1 Å². The lowest BCUT2D eigenvalue weighted by Gasteiger charge is -2.10. The van der Waals surface area contributed by atoms with Crippen LogP contribution in [0.5, 0.6) is 5.75 Å². The SMILES string of the molecule is C[C@H](O)c1ccc(OCCc2ccncc2)cc1F. The normalized spacial score (nSPS) is 12.2. The summed E-state index contributed by atoms with van der Waals surface area (Å²) in [6.07, 6.45) is 3.38. The monoisotopic (exact) mass is 261 g/mol. The average Bonchev–Trinajstić information content (AvgIpc) is 2.39. The van der Waals surface area contributed by atoms with E-state index in [2.05, 4.69) is 4.98 Å². The topological polar surface area (TPSA) is 42.4 Å². The highest BCUT2D eigenvalue weighted by Gasteiger charge is 2.08. The molecule has 4 heteroatoms. The maximum Gasteiger partial charge on any atom is 0.132 e. The van der Waals surface area contributed by atoms with E-state index in [1.165, 1.54) is 13.0 Å². The summed E-state index contributed by atoms with van der Waals surface area (Å²) >= 11 is 0. The number of pyridine rings is 1. The van der Waals surface area contributed by atoms with Crippen molar-refractivity contribution in [2.24, 2.45) is 0 Å². The molecule has 0 aliphatic heterocycles. The van der Waals surface area contributed by atoms with E-state index in [0.717, 1.165) is 12.0 Å². The Balaban J connectivity index is 1.92. The Hall–Kier alpha value is -1.94. The molecular formula is C15H16FNO2. The van der Waals surface area contributed by atoms with E-state index in [0.29, 0.717) is 12.4 Å². The van der Waals surface area contributed by atoms with Crippen LogP contribution in [0.25, 0.3) is 0 Å². The second kappa shape index (κ2) is 6.29. The number of halogens is 1. The fourth-order valence-electron chi connectivity index (χ4n) is 1.77. The number of benzene rings is 1. The number of aliphatic hydroxyl groups is 1. The third-order valence-electron chi connectivity index (χ3n) is 2.83. The number of aromatic nitrogens is 1. The Labute approximate surface area is 111 Å². The molecular weight excluding hydrogens is 245 g/mol. The summed E-state index contributed by atoms with van der Waals surface area (Å²) < 4.78 is 19.1. The van der Waals surface area contributed by atoms with Gasteiger partial charge in [-0.2, -0.15) is 0 Å². The average molecular weight is 261 g/mol. The van der Waals surface area contributed by atoms with Gasteiger partial charge < -0.3 is 9.84 Å². The van der Waals surface area contributed by atoms with Gasteiger partial charge in [-0.15, -0.1) is 0 Å². The van der Waals surface area contributed by atoms with Gasteiger partial charge in [-0.1, -0.05) is 0 Å². The zero-order valence-corrected chi connectivity index (χ0v) is 10.7. The van der Waals surface area contributed by atoms with Crippen LogP contribution >= 0.6 is 0 Å². The Morgan fingerprint density at radius 1 is 1.26 bits per heavy atom. The van der Waals surface area contributed by atoms with E-state index in [9.17, 15) is 9.50 Å². The highest BCUT2D eigenvalue weighted by atomic mass is 19.1. The molecule has 0 amide bonds. The molecule has 3 nitrogen and oxygen atoms in total. The summed E-state index contributed by atoms with van der Waals surface area (Å²) in [5.41, 5.74) is 1.40. The first kappa shape index (κ1) is 13.5. The van der Waals surface area contributed by atoms with Crippen molar-refractivity contribution in [2.45, 2.75) is 19.4 Å². The van der Waals surface area contributed by atoms with Crippen molar-refractivity contribution < 1.29 is 14.2 Å². The maximum absolute atomic E-state index is 13.6. The zero-order valence-electron chi connectivity index (χ0n) is 10.7. The minimum absolute atomic E-state index is 0.279. The predicted molar refractivity (Wildman–Crippen MR) is 70.5 cm³/mol. The lowest BCUT2D eigenvalue weighted by atomic mass is 10.1. The molecule has 1 atom stereocenters. The van der Waals surface area contributed by atoms with Gasteiger partial charge in [-0.25, -0.2) is 4.39 Å². The van der Waals surface area contributed by atoms with Gasteiger partial charge in [-0.05, 0) is 36.8 Å². The molecule has 0 fully saturated rings. The molecule has 0 radical (unpaired) electrons. The molecule has 1 aromatic heterocycles. The summed E-state index contributed by atoms with van der Waals surface area (Å²) in [5, 5.41) is 9.33. The first-order valence-corrected chi connectivity index (χ1v) is 6.16. The molecule has 2 aromatic rings. The van der Waals surface area contributed by atoms with Crippen molar-refractivity contribution >= 4 is 0 Å². The van der Waals surface area contributed by atoms with Gasteiger partial charge in [0.1, 0.15) is 11.6 Å². The fourth-order valence-corrected chi connectivity index (χ4v) is 1.77. The Morgan fingerprint density at radius 3 is 2.63 bits per heavy atom. The standard InChI is InChI=1S/C15H16FNO2/c1-11(18)14-3-2-13(10-15(14)16)19-9-6-12-4-7-17-8-5-12/h2-5,7-8,10-11,18H,6,9H2,1H3/t11-/m0/s1. The molecule has 1 N–H and O–H groups in total. The Bertz CT molecular complexity index is 529. The predicted octanol–water partition coefficient (Wildman–Crippen LogP) is 2.90. The van der Waals surface area contributed by atoms with Gasteiger partial charge in [0.05, 0.1) is 12.7 Å². The van der Waals surface area contributed by atoms with E-state index >= 15 is 0 Å². The van der Waals surface area contributed by atoms with Crippen LogP contribution in [-0.4, -0.2) is 16.7 Å². The van der Waals surface area contributed by atoms with Crippen molar-refractivity contribution in [1.29, 1.82) is 0 Å². The van der Waals surface area contributed by atoms with E-state index in [-0.39, 0.29) is 5.56 Å². The van der Waals surface area contributed by atoms with Crippen LogP contribution in [0.1, 0.15) is 24.2 Å². The molecule has 0 saturated heterocycles. The maximum atomic E-state index is 13.6.